The average Bonchev–Trinajstić information content (AvgIpc) is 3.20. The van der Waals surface area contributed by atoms with Gasteiger partial charge in [-0.2, -0.15) is 0 Å². The third-order valence-corrected chi connectivity index (χ3v) is 8.91. The van der Waals surface area contributed by atoms with Crippen LogP contribution in [0.2, 0.25) is 5.02 Å². The van der Waals surface area contributed by atoms with E-state index >= 15 is 0 Å². The van der Waals surface area contributed by atoms with E-state index in [1.807, 2.05) is 19.0 Å². The molecule has 0 N–H and O–H groups in total. The number of carbonyl (C=O) groups is 1. The smallest absolute Gasteiger partial charge is 0.233 e. The van der Waals surface area contributed by atoms with Crippen molar-refractivity contribution in [2.24, 2.45) is 0 Å². The molecule has 0 fully saturated rings. The molecule has 3 rings (SSSR count). The van der Waals surface area contributed by atoms with Crippen LogP contribution in [0.5, 0.6) is 5.75 Å². The molecule has 0 aliphatic carbocycles. The summed E-state index contributed by atoms with van der Waals surface area (Å²) in [5.41, 5.74) is 1.35. The molecule has 0 spiro atoms. The number of thiazole rings is 1. The van der Waals surface area contributed by atoms with Gasteiger partial charge in [0.05, 0.1) is 33.4 Å². The minimum absolute atomic E-state index is 0.121. The number of rotatable bonds is 9. The van der Waals surface area contributed by atoms with E-state index < -0.39 is 15.1 Å². The van der Waals surface area contributed by atoms with Crippen molar-refractivity contribution < 1.29 is 17.9 Å². The number of anilines is 1. The molecule has 3 aromatic rings. The van der Waals surface area contributed by atoms with E-state index in [-0.39, 0.29) is 17.2 Å². The van der Waals surface area contributed by atoms with Gasteiger partial charge in [0.25, 0.3) is 0 Å². The first-order chi connectivity index (χ1) is 15.5. The van der Waals surface area contributed by atoms with Crippen LogP contribution in [0.15, 0.2) is 41.3 Å². The SMILES string of the molecule is COc1ccc(Cl)c2sc(N(CCN(C)C)C(=O)Cc3ccc(S(=O)(=O)C(C)C)cc3)nc12. The van der Waals surface area contributed by atoms with Crippen molar-refractivity contribution in [1.82, 2.24) is 9.88 Å². The second-order valence-electron chi connectivity index (χ2n) is 8.19. The molecular formula is C23H28ClN3O4S2. The number of nitrogens with zero attached hydrogens (tertiary/aromatic N) is 3. The number of hydrogen-bond donors (Lipinski definition) is 0. The van der Waals surface area contributed by atoms with Crippen molar-refractivity contribution >= 4 is 54.0 Å². The van der Waals surface area contributed by atoms with Gasteiger partial charge in [-0.15, -0.1) is 0 Å². The molecule has 2 aromatic carbocycles. The second-order valence-corrected chi connectivity index (χ2v) is 12.1. The molecule has 178 valence electrons. The molecule has 0 aliphatic rings. The van der Waals surface area contributed by atoms with Crippen LogP contribution in [-0.4, -0.2) is 63.8 Å². The lowest BCUT2D eigenvalue weighted by Gasteiger charge is -2.22. The van der Waals surface area contributed by atoms with Gasteiger partial charge < -0.3 is 9.64 Å². The lowest BCUT2D eigenvalue weighted by Crippen LogP contribution is -2.37. The fourth-order valence-electron chi connectivity index (χ4n) is 3.19. The summed E-state index contributed by atoms with van der Waals surface area (Å²) in [6, 6.07) is 10.0. The van der Waals surface area contributed by atoms with Gasteiger partial charge in [0.2, 0.25) is 5.91 Å². The molecule has 7 nitrogen and oxygen atoms in total. The Morgan fingerprint density at radius 3 is 2.36 bits per heavy atom. The number of likely N-dealkylation sites (N-methyl/N-ethyl adjacent to an activating group) is 1. The lowest BCUT2D eigenvalue weighted by atomic mass is 10.1. The summed E-state index contributed by atoms with van der Waals surface area (Å²) < 4.78 is 30.9. The Hall–Kier alpha value is -2.20. The van der Waals surface area contributed by atoms with E-state index in [2.05, 4.69) is 4.98 Å². The number of methoxy groups -OCH3 is 1. The van der Waals surface area contributed by atoms with Crippen LogP contribution in [0, 0.1) is 0 Å². The number of benzene rings is 2. The van der Waals surface area contributed by atoms with Crippen molar-refractivity contribution in [1.29, 1.82) is 0 Å². The topological polar surface area (TPSA) is 79.8 Å². The molecule has 33 heavy (non-hydrogen) atoms. The van der Waals surface area contributed by atoms with Crippen LogP contribution in [0.3, 0.4) is 0 Å². The van der Waals surface area contributed by atoms with Crippen LogP contribution in [0.25, 0.3) is 10.2 Å². The molecule has 0 bridgehead atoms. The maximum absolute atomic E-state index is 13.3. The van der Waals surface area contributed by atoms with E-state index in [4.69, 9.17) is 16.3 Å². The van der Waals surface area contributed by atoms with E-state index in [1.165, 1.54) is 11.3 Å². The number of sulfone groups is 1. The van der Waals surface area contributed by atoms with Crippen molar-refractivity contribution in [3.63, 3.8) is 0 Å². The van der Waals surface area contributed by atoms with Crippen molar-refractivity contribution in [2.45, 2.75) is 30.4 Å². The monoisotopic (exact) mass is 509 g/mol. The molecule has 0 radical (unpaired) electrons. The van der Waals surface area contributed by atoms with Gasteiger partial charge in [0, 0.05) is 13.1 Å². The third-order valence-electron chi connectivity index (χ3n) is 5.20. The van der Waals surface area contributed by atoms with Gasteiger partial charge in [-0.1, -0.05) is 35.1 Å². The summed E-state index contributed by atoms with van der Waals surface area (Å²) in [5, 5.41) is 0.591. The highest BCUT2D eigenvalue weighted by atomic mass is 35.5. The van der Waals surface area contributed by atoms with Crippen LogP contribution >= 0.6 is 22.9 Å². The van der Waals surface area contributed by atoms with E-state index in [9.17, 15) is 13.2 Å². The maximum atomic E-state index is 13.3. The van der Waals surface area contributed by atoms with Gasteiger partial charge in [-0.05, 0) is 57.8 Å². The molecule has 0 aliphatic heterocycles. The Kier molecular flexibility index (Phi) is 8.00. The van der Waals surface area contributed by atoms with E-state index in [0.717, 1.165) is 10.3 Å². The fraction of sp³-hybridized carbons (Fsp3) is 0.391. The zero-order valence-corrected chi connectivity index (χ0v) is 21.7. The van der Waals surface area contributed by atoms with Gasteiger partial charge in [0.1, 0.15) is 11.3 Å². The first-order valence-corrected chi connectivity index (χ1v) is 13.2. The van der Waals surface area contributed by atoms with Crippen molar-refractivity contribution in [3.05, 3.63) is 47.0 Å². The van der Waals surface area contributed by atoms with E-state index in [0.29, 0.717) is 34.5 Å². The highest BCUT2D eigenvalue weighted by Gasteiger charge is 2.23. The summed E-state index contributed by atoms with van der Waals surface area (Å²) in [7, 11) is 2.09. The van der Waals surface area contributed by atoms with Crippen LogP contribution < -0.4 is 9.64 Å². The van der Waals surface area contributed by atoms with Gasteiger partial charge in [-0.3, -0.25) is 9.69 Å². The minimum Gasteiger partial charge on any atom is -0.494 e. The Labute approximate surface area is 203 Å². The fourth-order valence-corrected chi connectivity index (χ4v) is 5.55. The Morgan fingerprint density at radius 1 is 1.12 bits per heavy atom. The Bertz CT molecular complexity index is 1240. The Balaban J connectivity index is 1.91. The molecule has 0 saturated heterocycles. The maximum Gasteiger partial charge on any atom is 0.233 e. The number of carbonyl (C=O) groups excluding carboxylic acids is 1. The normalized spacial score (nSPS) is 12.0. The summed E-state index contributed by atoms with van der Waals surface area (Å²) in [4.78, 5) is 21.9. The van der Waals surface area contributed by atoms with Gasteiger partial charge in [0.15, 0.2) is 15.0 Å². The van der Waals surface area contributed by atoms with Crippen LogP contribution in [0.1, 0.15) is 19.4 Å². The zero-order chi connectivity index (χ0) is 24.3. The van der Waals surface area contributed by atoms with Gasteiger partial charge in [-0.25, -0.2) is 13.4 Å². The molecule has 0 unspecified atom stereocenters. The first-order valence-electron chi connectivity index (χ1n) is 10.5. The van der Waals surface area contributed by atoms with Crippen molar-refractivity contribution in [2.75, 3.05) is 39.2 Å². The number of amides is 1. The highest BCUT2D eigenvalue weighted by molar-refractivity contribution is 7.92. The predicted octanol–water partition coefficient (Wildman–Crippen LogP) is 4.28. The highest BCUT2D eigenvalue weighted by Crippen LogP contribution is 2.38. The second kappa shape index (κ2) is 10.4. The Morgan fingerprint density at radius 2 is 1.79 bits per heavy atom. The largest absolute Gasteiger partial charge is 0.494 e. The quantitative estimate of drug-likeness (QED) is 0.428. The molecule has 0 saturated carbocycles. The third kappa shape index (κ3) is 5.66. The predicted molar refractivity (Wildman–Crippen MR) is 135 cm³/mol. The number of halogens is 1. The average molecular weight is 510 g/mol. The first kappa shape index (κ1) is 25.4. The van der Waals surface area contributed by atoms with Crippen molar-refractivity contribution in [3.8, 4) is 5.75 Å². The molecule has 10 heteroatoms. The summed E-state index contributed by atoms with van der Waals surface area (Å²) >= 11 is 7.71. The van der Waals surface area contributed by atoms with E-state index in [1.54, 1.807) is 62.3 Å². The number of fused-ring (bicyclic) bond motifs is 1. The van der Waals surface area contributed by atoms with Gasteiger partial charge >= 0.3 is 0 Å². The molecule has 0 atom stereocenters. The number of ether oxygens (including phenoxy) is 1. The number of aromatic nitrogens is 1. The minimum atomic E-state index is -3.36. The number of hydrogen-bond acceptors (Lipinski definition) is 7. The molecule has 1 amide bonds. The summed E-state index contributed by atoms with van der Waals surface area (Å²) in [6.07, 6.45) is 0.121. The zero-order valence-electron chi connectivity index (χ0n) is 19.3. The molecule has 1 aromatic heterocycles. The van der Waals surface area contributed by atoms with Crippen LogP contribution in [0.4, 0.5) is 5.13 Å². The lowest BCUT2D eigenvalue weighted by molar-refractivity contribution is -0.118. The summed E-state index contributed by atoms with van der Waals surface area (Å²) in [6.45, 7) is 4.40. The molecule has 1 heterocycles. The molecular weight excluding hydrogens is 482 g/mol. The van der Waals surface area contributed by atoms with Crippen LogP contribution in [-0.2, 0) is 21.1 Å². The summed E-state index contributed by atoms with van der Waals surface area (Å²) in [5.74, 6) is 0.462. The standard InChI is InChI=1S/C23H28ClN3O4S2/c1-15(2)33(29,30)17-8-6-16(7-9-17)14-20(28)27(13-12-26(3)4)23-25-21-19(31-5)11-10-18(24)22(21)32-23/h6-11,15H,12-14H2,1-5H3.